The van der Waals surface area contributed by atoms with Crippen LogP contribution in [0.4, 0.5) is 4.39 Å². The zero-order chi connectivity index (χ0) is 21.1. The molecule has 0 aliphatic heterocycles. The van der Waals surface area contributed by atoms with Gasteiger partial charge in [-0.05, 0) is 71.8 Å². The average molecular weight is 403 g/mol. The van der Waals surface area contributed by atoms with Gasteiger partial charge in [0.25, 0.3) is 0 Å². The number of aliphatic carboxylic acids is 1. The number of carboxylic acids is 1. The Morgan fingerprint density at radius 2 is 1.87 bits per heavy atom. The maximum absolute atomic E-state index is 13.7. The monoisotopic (exact) mass is 403 g/mol. The molecule has 4 nitrogen and oxygen atoms in total. The van der Waals surface area contributed by atoms with E-state index in [4.69, 9.17) is 9.84 Å². The van der Waals surface area contributed by atoms with Crippen molar-refractivity contribution in [3.8, 4) is 5.75 Å². The van der Waals surface area contributed by atoms with E-state index >= 15 is 0 Å². The van der Waals surface area contributed by atoms with Gasteiger partial charge in [-0.15, -0.1) is 0 Å². The Bertz CT molecular complexity index is 1180. The van der Waals surface area contributed by atoms with Gasteiger partial charge in [-0.2, -0.15) is 0 Å². The Morgan fingerprint density at radius 1 is 1.07 bits per heavy atom. The molecule has 2 N–H and O–H groups in total. The summed E-state index contributed by atoms with van der Waals surface area (Å²) in [6.07, 6.45) is 2.04. The highest BCUT2D eigenvalue weighted by atomic mass is 19.1. The maximum Gasteiger partial charge on any atom is 0.303 e. The molecule has 0 saturated heterocycles. The SMILES string of the molecule is Cc1cc(F)ccc1C(Oc1ccc(CCC(=O)O)cc1)c1ccc2cc[nH]c2c1. The lowest BCUT2D eigenvalue weighted by molar-refractivity contribution is -0.136. The van der Waals surface area contributed by atoms with Gasteiger partial charge < -0.3 is 14.8 Å². The summed E-state index contributed by atoms with van der Waals surface area (Å²) < 4.78 is 20.1. The fraction of sp³-hybridized carbons (Fsp3) is 0.160. The van der Waals surface area contributed by atoms with Gasteiger partial charge in [-0.3, -0.25) is 4.79 Å². The molecule has 0 radical (unpaired) electrons. The molecule has 0 fully saturated rings. The number of nitrogens with one attached hydrogen (secondary N) is 1. The largest absolute Gasteiger partial charge is 0.481 e. The number of benzene rings is 3. The molecule has 0 bridgehead atoms. The first kappa shape index (κ1) is 19.7. The number of hydrogen-bond acceptors (Lipinski definition) is 2. The van der Waals surface area contributed by atoms with Crippen LogP contribution in [0.3, 0.4) is 0 Å². The number of aryl methyl sites for hydroxylation is 2. The zero-order valence-corrected chi connectivity index (χ0v) is 16.6. The predicted octanol–water partition coefficient (Wildman–Crippen LogP) is 5.80. The summed E-state index contributed by atoms with van der Waals surface area (Å²) >= 11 is 0. The minimum atomic E-state index is -0.818. The van der Waals surface area contributed by atoms with Crippen molar-refractivity contribution in [3.63, 3.8) is 0 Å². The van der Waals surface area contributed by atoms with E-state index in [0.29, 0.717) is 12.2 Å². The summed E-state index contributed by atoms with van der Waals surface area (Å²) in [5.41, 5.74) is 4.59. The van der Waals surface area contributed by atoms with Gasteiger partial charge in [0.15, 0.2) is 0 Å². The van der Waals surface area contributed by atoms with E-state index in [0.717, 1.165) is 33.2 Å². The van der Waals surface area contributed by atoms with Crippen LogP contribution in [0.5, 0.6) is 5.75 Å². The second-order valence-corrected chi connectivity index (χ2v) is 7.36. The summed E-state index contributed by atoms with van der Waals surface area (Å²) in [5, 5.41) is 9.96. The van der Waals surface area contributed by atoms with Crippen molar-refractivity contribution in [2.24, 2.45) is 0 Å². The van der Waals surface area contributed by atoms with Gasteiger partial charge in [0.1, 0.15) is 17.7 Å². The summed E-state index contributed by atoms with van der Waals surface area (Å²) in [7, 11) is 0. The minimum Gasteiger partial charge on any atom is -0.481 e. The topological polar surface area (TPSA) is 62.3 Å². The Morgan fingerprint density at radius 3 is 2.60 bits per heavy atom. The summed E-state index contributed by atoms with van der Waals surface area (Å²) in [4.78, 5) is 14.0. The molecule has 1 aromatic heterocycles. The van der Waals surface area contributed by atoms with Gasteiger partial charge >= 0.3 is 5.97 Å². The van der Waals surface area contributed by atoms with E-state index in [9.17, 15) is 9.18 Å². The molecule has 0 saturated carbocycles. The molecule has 4 aromatic rings. The Labute approximate surface area is 173 Å². The van der Waals surface area contributed by atoms with Crippen LogP contribution in [-0.4, -0.2) is 16.1 Å². The summed E-state index contributed by atoms with van der Waals surface area (Å²) in [6, 6.07) is 20.3. The lowest BCUT2D eigenvalue weighted by atomic mass is 9.96. The molecule has 3 aromatic carbocycles. The summed E-state index contributed by atoms with van der Waals surface area (Å²) in [5.74, 6) is -0.436. The van der Waals surface area contributed by atoms with Gasteiger partial charge in [-0.25, -0.2) is 4.39 Å². The normalized spacial score (nSPS) is 12.1. The number of ether oxygens (including phenoxy) is 1. The van der Waals surface area contributed by atoms with Gasteiger partial charge in [0.05, 0.1) is 0 Å². The molecule has 0 aliphatic rings. The third kappa shape index (κ3) is 4.35. The molecular formula is C25H22FNO3. The van der Waals surface area contributed by atoms with Crippen LogP contribution < -0.4 is 4.74 Å². The third-order valence-electron chi connectivity index (χ3n) is 5.20. The molecule has 4 rings (SSSR count). The van der Waals surface area contributed by atoms with Crippen LogP contribution in [0, 0.1) is 12.7 Å². The fourth-order valence-electron chi connectivity index (χ4n) is 3.59. The van der Waals surface area contributed by atoms with Gasteiger partial charge in [0.2, 0.25) is 0 Å². The van der Waals surface area contributed by atoms with Crippen LogP contribution in [0.25, 0.3) is 10.9 Å². The van der Waals surface area contributed by atoms with Crippen LogP contribution in [-0.2, 0) is 11.2 Å². The minimum absolute atomic E-state index is 0.0910. The highest BCUT2D eigenvalue weighted by molar-refractivity contribution is 5.80. The average Bonchev–Trinajstić information content (AvgIpc) is 3.20. The molecule has 30 heavy (non-hydrogen) atoms. The predicted molar refractivity (Wildman–Crippen MR) is 114 cm³/mol. The number of fused-ring (bicyclic) bond motifs is 1. The van der Waals surface area contributed by atoms with E-state index in [1.165, 1.54) is 12.1 Å². The number of carboxylic acid groups (broad SMARTS) is 1. The van der Waals surface area contributed by atoms with E-state index in [1.807, 2.05) is 61.7 Å². The van der Waals surface area contributed by atoms with Crippen molar-refractivity contribution in [3.05, 3.63) is 101 Å². The maximum atomic E-state index is 13.7. The van der Waals surface area contributed by atoms with Crippen molar-refractivity contribution < 1.29 is 19.0 Å². The van der Waals surface area contributed by atoms with Crippen molar-refractivity contribution in [1.82, 2.24) is 4.98 Å². The van der Waals surface area contributed by atoms with Crippen molar-refractivity contribution in [2.75, 3.05) is 0 Å². The number of aromatic amines is 1. The standard InChI is InChI=1S/C25H22FNO3/c1-16-14-20(26)7-10-22(16)25(19-6-5-18-12-13-27-23(18)15-19)30-21-8-2-17(3-9-21)4-11-24(28)29/h2-3,5-10,12-15,25,27H,4,11H2,1H3,(H,28,29). The van der Waals surface area contributed by atoms with Crippen molar-refractivity contribution >= 4 is 16.9 Å². The van der Waals surface area contributed by atoms with Gasteiger partial charge in [-0.1, -0.05) is 30.3 Å². The molecule has 0 aliphatic carbocycles. The van der Waals surface area contributed by atoms with Gasteiger partial charge in [0, 0.05) is 23.7 Å². The lowest BCUT2D eigenvalue weighted by Crippen LogP contribution is -2.11. The van der Waals surface area contributed by atoms with Crippen LogP contribution >= 0.6 is 0 Å². The first-order chi connectivity index (χ1) is 14.5. The first-order valence-corrected chi connectivity index (χ1v) is 9.80. The molecule has 0 amide bonds. The second-order valence-electron chi connectivity index (χ2n) is 7.36. The molecule has 5 heteroatoms. The van der Waals surface area contributed by atoms with Crippen LogP contribution in [0.15, 0.2) is 72.9 Å². The highest BCUT2D eigenvalue weighted by Gasteiger charge is 2.19. The number of rotatable bonds is 7. The summed E-state index contributed by atoms with van der Waals surface area (Å²) in [6.45, 7) is 1.87. The zero-order valence-electron chi connectivity index (χ0n) is 16.6. The first-order valence-electron chi connectivity index (χ1n) is 9.80. The number of carbonyl (C=O) groups is 1. The Hall–Kier alpha value is -3.60. The molecule has 1 unspecified atom stereocenters. The fourth-order valence-corrected chi connectivity index (χ4v) is 3.59. The number of halogens is 1. The van der Waals surface area contributed by atoms with Crippen molar-refractivity contribution in [1.29, 1.82) is 0 Å². The smallest absolute Gasteiger partial charge is 0.303 e. The van der Waals surface area contributed by atoms with Crippen LogP contribution in [0.1, 0.15) is 34.8 Å². The quantitative estimate of drug-likeness (QED) is 0.410. The Balaban J connectivity index is 1.67. The highest BCUT2D eigenvalue weighted by Crippen LogP contribution is 2.32. The molecular weight excluding hydrogens is 381 g/mol. The van der Waals surface area contributed by atoms with E-state index in [2.05, 4.69) is 4.98 Å². The van der Waals surface area contributed by atoms with Crippen molar-refractivity contribution in [2.45, 2.75) is 25.9 Å². The number of aromatic nitrogens is 1. The lowest BCUT2D eigenvalue weighted by Gasteiger charge is -2.22. The Kier molecular flexibility index (Phi) is 5.53. The van der Waals surface area contributed by atoms with E-state index in [-0.39, 0.29) is 12.2 Å². The molecule has 0 spiro atoms. The van der Waals surface area contributed by atoms with E-state index < -0.39 is 12.1 Å². The molecule has 1 atom stereocenters. The number of hydrogen-bond donors (Lipinski definition) is 2. The second kappa shape index (κ2) is 8.41. The molecule has 152 valence electrons. The molecule has 1 heterocycles. The van der Waals surface area contributed by atoms with Crippen LogP contribution in [0.2, 0.25) is 0 Å². The number of H-pyrrole nitrogens is 1. The third-order valence-corrected chi connectivity index (χ3v) is 5.20. The van der Waals surface area contributed by atoms with E-state index in [1.54, 1.807) is 6.07 Å².